The number of aliphatic hydroxyl groups excluding tert-OH is 1. The summed E-state index contributed by atoms with van der Waals surface area (Å²) in [6.07, 6.45) is 76.4. The molecule has 0 bridgehead atoms. The largest absolute Gasteiger partial charge is 0.756 e. The number of nitrogens with zero attached hydrogens (tertiary/aromatic N) is 1. The van der Waals surface area contributed by atoms with Gasteiger partial charge in [0, 0.05) is 6.42 Å². The molecule has 416 valence electrons. The van der Waals surface area contributed by atoms with Crippen molar-refractivity contribution < 1.29 is 32.9 Å². The second-order valence-corrected chi connectivity index (χ2v) is 22.4. The number of rotatable bonds is 53. The Labute approximate surface area is 445 Å². The minimum absolute atomic E-state index is 0.0114. The molecule has 0 heterocycles. The summed E-state index contributed by atoms with van der Waals surface area (Å²) < 4.78 is 23.3. The van der Waals surface area contributed by atoms with Crippen LogP contribution >= 0.6 is 7.82 Å². The van der Waals surface area contributed by atoms with E-state index in [1.54, 1.807) is 6.08 Å². The van der Waals surface area contributed by atoms with Gasteiger partial charge in [0.15, 0.2) is 0 Å². The standard InChI is InChI=1S/C63H113N2O6P/c1-6-8-10-12-14-16-18-20-22-23-24-25-26-27-28-29-30-31-32-33-34-35-36-37-38-39-40-41-43-45-47-49-51-53-55-57-63(67)64-61(60-71-72(68,69)70-59-58-65(3,4)5)62(66)56-54-52-50-48-46-44-42-21-19-17-15-13-11-9-7-2/h8,10,14,16,19-22,24-25,27-28,46,48,54,56,61-62,66H,6-7,9,11-13,15,17-18,23,26,29-45,47,49-53,55,57-60H2,1-5H3,(H-,64,67,68,69)/b10-8-,16-14-,21-19+,22-20-,25-24-,28-27-,48-46+,56-54+. The van der Waals surface area contributed by atoms with Crippen LogP contribution in [0.2, 0.25) is 0 Å². The molecule has 2 N–H and O–H groups in total. The van der Waals surface area contributed by atoms with E-state index in [4.69, 9.17) is 9.05 Å². The number of phosphoric ester groups is 1. The van der Waals surface area contributed by atoms with Gasteiger partial charge in [-0.3, -0.25) is 9.36 Å². The van der Waals surface area contributed by atoms with Crippen LogP contribution in [0.15, 0.2) is 97.2 Å². The third-order valence-corrected chi connectivity index (χ3v) is 13.7. The summed E-state index contributed by atoms with van der Waals surface area (Å²) in [6, 6.07) is -0.913. The van der Waals surface area contributed by atoms with E-state index in [2.05, 4.69) is 104 Å². The number of hydrogen-bond donors (Lipinski definition) is 2. The molecule has 0 saturated heterocycles. The molecule has 0 radical (unpaired) electrons. The summed E-state index contributed by atoms with van der Waals surface area (Å²) in [5, 5.41) is 13.8. The Kier molecular flexibility index (Phi) is 51.3. The maximum Gasteiger partial charge on any atom is 0.268 e. The highest BCUT2D eigenvalue weighted by Gasteiger charge is 2.23. The van der Waals surface area contributed by atoms with Crippen LogP contribution < -0.4 is 10.2 Å². The highest BCUT2D eigenvalue weighted by atomic mass is 31.2. The number of carbonyl (C=O) groups is 1. The first-order chi connectivity index (χ1) is 35.0. The molecule has 0 aromatic rings. The lowest BCUT2D eigenvalue weighted by atomic mass is 10.0. The van der Waals surface area contributed by atoms with Crippen LogP contribution in [-0.2, 0) is 18.4 Å². The zero-order valence-corrected chi connectivity index (χ0v) is 48.2. The van der Waals surface area contributed by atoms with E-state index in [9.17, 15) is 19.4 Å². The zero-order valence-electron chi connectivity index (χ0n) is 47.4. The van der Waals surface area contributed by atoms with E-state index in [0.29, 0.717) is 17.4 Å². The van der Waals surface area contributed by atoms with Gasteiger partial charge in [-0.1, -0.05) is 246 Å². The molecule has 0 spiro atoms. The number of phosphoric acid groups is 1. The summed E-state index contributed by atoms with van der Waals surface area (Å²) in [5.74, 6) is -0.212. The summed E-state index contributed by atoms with van der Waals surface area (Å²) in [6.45, 7) is 4.49. The first-order valence-electron chi connectivity index (χ1n) is 29.6. The average molecular weight is 1030 g/mol. The fraction of sp³-hybridized carbons (Fsp3) is 0.730. The van der Waals surface area contributed by atoms with Gasteiger partial charge in [0.2, 0.25) is 5.91 Å². The zero-order chi connectivity index (χ0) is 52.7. The van der Waals surface area contributed by atoms with E-state index >= 15 is 0 Å². The van der Waals surface area contributed by atoms with Crippen molar-refractivity contribution in [1.29, 1.82) is 0 Å². The van der Waals surface area contributed by atoms with Gasteiger partial charge in [-0.05, 0) is 89.9 Å². The number of likely N-dealkylation sites (N-methyl/N-ethyl adjacent to an activating group) is 1. The molecule has 0 aromatic carbocycles. The van der Waals surface area contributed by atoms with Crippen molar-refractivity contribution >= 4 is 13.7 Å². The van der Waals surface area contributed by atoms with Gasteiger partial charge in [0.25, 0.3) is 7.82 Å². The van der Waals surface area contributed by atoms with Crippen molar-refractivity contribution in [2.75, 3.05) is 40.9 Å². The van der Waals surface area contributed by atoms with Gasteiger partial charge < -0.3 is 28.8 Å². The van der Waals surface area contributed by atoms with Gasteiger partial charge in [0.1, 0.15) is 13.2 Å². The predicted octanol–water partition coefficient (Wildman–Crippen LogP) is 17.6. The number of unbranched alkanes of at least 4 members (excludes halogenated alkanes) is 26. The first-order valence-corrected chi connectivity index (χ1v) is 31.1. The molecule has 3 unspecified atom stereocenters. The number of quaternary nitrogens is 1. The molecular formula is C63H113N2O6P. The van der Waals surface area contributed by atoms with Gasteiger partial charge >= 0.3 is 0 Å². The summed E-state index contributed by atoms with van der Waals surface area (Å²) in [7, 11) is 1.23. The second-order valence-electron chi connectivity index (χ2n) is 20.9. The van der Waals surface area contributed by atoms with E-state index in [0.717, 1.165) is 77.0 Å². The lowest BCUT2D eigenvalue weighted by Gasteiger charge is -2.29. The third kappa shape index (κ3) is 55.2. The first kappa shape index (κ1) is 69.4. The topological polar surface area (TPSA) is 108 Å². The molecule has 0 aliphatic heterocycles. The maximum atomic E-state index is 13.0. The lowest BCUT2D eigenvalue weighted by molar-refractivity contribution is -0.870. The minimum Gasteiger partial charge on any atom is -0.756 e. The number of allylic oxidation sites excluding steroid dienone is 15. The summed E-state index contributed by atoms with van der Waals surface area (Å²) >= 11 is 0. The second kappa shape index (κ2) is 53.3. The van der Waals surface area contributed by atoms with Crippen LogP contribution in [0.25, 0.3) is 0 Å². The minimum atomic E-state index is -4.61. The number of nitrogens with one attached hydrogen (secondary N) is 1. The molecule has 0 aliphatic rings. The smallest absolute Gasteiger partial charge is 0.268 e. The molecule has 0 aliphatic carbocycles. The molecule has 0 fully saturated rings. The van der Waals surface area contributed by atoms with E-state index in [1.807, 2.05) is 27.2 Å². The van der Waals surface area contributed by atoms with Crippen molar-refractivity contribution in [3.05, 3.63) is 97.2 Å². The molecule has 0 aromatic heterocycles. The highest BCUT2D eigenvalue weighted by molar-refractivity contribution is 7.45. The van der Waals surface area contributed by atoms with Crippen LogP contribution in [0.3, 0.4) is 0 Å². The Morgan fingerprint density at radius 1 is 0.500 bits per heavy atom. The van der Waals surface area contributed by atoms with Crippen molar-refractivity contribution in [1.82, 2.24) is 5.32 Å². The number of aliphatic hydroxyl groups is 1. The Hall–Kier alpha value is -2.58. The molecular weight excluding hydrogens is 912 g/mol. The maximum absolute atomic E-state index is 13.0. The van der Waals surface area contributed by atoms with Gasteiger partial charge in [-0.25, -0.2) is 0 Å². The van der Waals surface area contributed by atoms with Crippen molar-refractivity contribution in [2.24, 2.45) is 0 Å². The molecule has 0 saturated carbocycles. The average Bonchev–Trinajstić information content (AvgIpc) is 3.34. The highest BCUT2D eigenvalue weighted by Crippen LogP contribution is 2.38. The summed E-state index contributed by atoms with van der Waals surface area (Å²) in [5.41, 5.74) is 0. The molecule has 8 nitrogen and oxygen atoms in total. The molecule has 72 heavy (non-hydrogen) atoms. The summed E-state index contributed by atoms with van der Waals surface area (Å²) in [4.78, 5) is 25.5. The fourth-order valence-electron chi connectivity index (χ4n) is 8.15. The van der Waals surface area contributed by atoms with Crippen LogP contribution in [0, 0.1) is 0 Å². The van der Waals surface area contributed by atoms with Crippen LogP contribution in [0.1, 0.15) is 245 Å². The molecule has 3 atom stereocenters. The monoisotopic (exact) mass is 1020 g/mol. The van der Waals surface area contributed by atoms with E-state index < -0.39 is 26.6 Å². The third-order valence-electron chi connectivity index (χ3n) is 12.8. The SMILES string of the molecule is CC/C=C\C/C=C\C/C=C\C/C=C\C/C=C\CCCCCCCCCCCCCCCCCCCCCC(=O)NC(COP(=O)([O-])OCC[N+](C)(C)C)C(O)/C=C/CC/C=C/CC/C=C/CCCCCCC. The van der Waals surface area contributed by atoms with Gasteiger partial charge in [-0.15, -0.1) is 0 Å². The van der Waals surface area contributed by atoms with Crippen molar-refractivity contribution in [3.8, 4) is 0 Å². The quantitative estimate of drug-likeness (QED) is 0.0272. The van der Waals surface area contributed by atoms with Crippen LogP contribution in [0.5, 0.6) is 0 Å². The Bertz CT molecular complexity index is 1490. The van der Waals surface area contributed by atoms with Crippen LogP contribution in [0.4, 0.5) is 0 Å². The van der Waals surface area contributed by atoms with Crippen molar-refractivity contribution in [2.45, 2.75) is 257 Å². The molecule has 9 heteroatoms. The lowest BCUT2D eigenvalue weighted by Crippen LogP contribution is -2.45. The Balaban J connectivity index is 4.07. The molecule has 0 rings (SSSR count). The predicted molar refractivity (Wildman–Crippen MR) is 311 cm³/mol. The van der Waals surface area contributed by atoms with Gasteiger partial charge in [0.05, 0.1) is 39.9 Å². The number of hydrogen-bond acceptors (Lipinski definition) is 6. The van der Waals surface area contributed by atoms with Crippen molar-refractivity contribution in [3.63, 3.8) is 0 Å². The normalized spacial score (nSPS) is 14.6. The Morgan fingerprint density at radius 3 is 1.29 bits per heavy atom. The molecule has 1 amide bonds. The van der Waals surface area contributed by atoms with Gasteiger partial charge in [-0.2, -0.15) is 0 Å². The number of carbonyl (C=O) groups excluding carboxylic acids is 1. The van der Waals surface area contributed by atoms with E-state index in [1.165, 1.54) is 148 Å². The Morgan fingerprint density at radius 2 is 0.861 bits per heavy atom. The number of amides is 1. The fourth-order valence-corrected chi connectivity index (χ4v) is 8.88. The van der Waals surface area contributed by atoms with E-state index in [-0.39, 0.29) is 12.5 Å². The van der Waals surface area contributed by atoms with Crippen LogP contribution in [-0.4, -0.2) is 68.5 Å².